The molecule has 0 aliphatic carbocycles. The molecule has 12 rings (SSSR count). The van der Waals surface area contributed by atoms with Gasteiger partial charge in [0.1, 0.15) is 0 Å². The second-order valence-corrected chi connectivity index (χ2v) is 23.9. The summed E-state index contributed by atoms with van der Waals surface area (Å²) >= 11 is 0. The van der Waals surface area contributed by atoms with E-state index >= 15 is 0 Å². The predicted octanol–water partition coefficient (Wildman–Crippen LogP) is 23.6. The second kappa shape index (κ2) is 23.4. The molecule has 0 saturated heterocycles. The maximum absolute atomic E-state index is 2.43. The molecule has 0 heterocycles. The fourth-order valence-electron chi connectivity index (χ4n) is 14.2. The molecular formula is C85H76. The molecule has 0 radical (unpaired) electrons. The van der Waals surface area contributed by atoms with Gasteiger partial charge >= 0.3 is 0 Å². The Morgan fingerprint density at radius 3 is 0.447 bits per heavy atom. The summed E-state index contributed by atoms with van der Waals surface area (Å²) in [5, 5.41) is 0. The van der Waals surface area contributed by atoms with Gasteiger partial charge in [0.15, 0.2) is 0 Å². The SMILES string of the molecule is Cc1c(C)c(C(c2c(C)c(C)c(-c3cc(-c4ccccc4)cc(-c4ccccc4)c3)c(C)c2C)c2c(C)c(C)c(-c3cc(-c4ccccc4)cc(-c4ccccc4)c3)c(C)c2C)c(C)c(C)c1-c1cc(-c2ccccc2)cc(-c2ccccc2)c1. The molecule has 0 aliphatic heterocycles. The Labute approximate surface area is 506 Å². The number of hydrogen-bond donors (Lipinski definition) is 0. The minimum Gasteiger partial charge on any atom is -0.0622 e. The summed E-state index contributed by atoms with van der Waals surface area (Å²) in [5.74, 6) is -0.0778. The van der Waals surface area contributed by atoms with Gasteiger partial charge in [-0.2, -0.15) is 0 Å². The van der Waals surface area contributed by atoms with E-state index in [1.807, 2.05) is 0 Å². The van der Waals surface area contributed by atoms with Gasteiger partial charge in [-0.3, -0.25) is 0 Å². The zero-order valence-electron chi connectivity index (χ0n) is 51.6. The van der Waals surface area contributed by atoms with Gasteiger partial charge < -0.3 is 0 Å². The molecule has 0 amide bonds. The van der Waals surface area contributed by atoms with Gasteiger partial charge in [0.2, 0.25) is 0 Å². The summed E-state index contributed by atoms with van der Waals surface area (Å²) in [7, 11) is 0. The first-order chi connectivity index (χ1) is 41.2. The van der Waals surface area contributed by atoms with Gasteiger partial charge in [-0.1, -0.05) is 182 Å². The highest BCUT2D eigenvalue weighted by atomic mass is 14.4. The molecule has 0 nitrogen and oxygen atoms in total. The van der Waals surface area contributed by atoms with Gasteiger partial charge in [-0.05, 0) is 321 Å². The zero-order valence-corrected chi connectivity index (χ0v) is 51.6. The quantitative estimate of drug-likeness (QED) is 0.107. The fraction of sp³-hybridized carbons (Fsp3) is 0.153. The Balaban J connectivity index is 1.12. The maximum atomic E-state index is 2.43. The van der Waals surface area contributed by atoms with E-state index in [4.69, 9.17) is 0 Å². The zero-order chi connectivity index (χ0) is 59.2. The first kappa shape index (κ1) is 56.1. The van der Waals surface area contributed by atoms with Crippen LogP contribution < -0.4 is 0 Å². The van der Waals surface area contributed by atoms with E-state index in [-0.39, 0.29) is 5.92 Å². The predicted molar refractivity (Wildman–Crippen MR) is 366 cm³/mol. The van der Waals surface area contributed by atoms with Crippen LogP contribution in [0.5, 0.6) is 0 Å². The van der Waals surface area contributed by atoms with Gasteiger partial charge in [0.05, 0.1) is 0 Å². The van der Waals surface area contributed by atoms with Crippen molar-refractivity contribution in [3.63, 3.8) is 0 Å². The second-order valence-electron chi connectivity index (χ2n) is 23.9. The molecule has 0 saturated carbocycles. The Morgan fingerprint density at radius 2 is 0.294 bits per heavy atom. The average Bonchev–Trinajstić information content (AvgIpc) is 2.36. The lowest BCUT2D eigenvalue weighted by atomic mass is 9.69. The highest BCUT2D eigenvalue weighted by Crippen LogP contribution is 2.51. The van der Waals surface area contributed by atoms with Crippen molar-refractivity contribution >= 4 is 0 Å². The first-order valence-corrected chi connectivity index (χ1v) is 30.3. The molecule has 12 aromatic rings. The van der Waals surface area contributed by atoms with Gasteiger partial charge in [-0.25, -0.2) is 0 Å². The number of hydrogen-bond acceptors (Lipinski definition) is 0. The standard InChI is InChI=1S/C85H76/c1-52-58(7)82(59(8)53(2)79(52)76-46-70(64-31-19-13-20-32-64)43-71(47-76)65-33-21-14-22-34-65)85(83-60(9)54(3)80(55(4)61(83)10)77-48-72(66-35-23-15-24-36-66)44-73(49-77)67-37-25-16-26-38-67)84-62(11)56(5)81(57(6)63(84)12)78-50-74(68-39-27-17-28-40-68)45-75(51-78)69-41-29-18-30-42-69/h13-51,85H,1-12H3. The Morgan fingerprint density at radius 1 is 0.153 bits per heavy atom. The Kier molecular flexibility index (Phi) is 15.4. The van der Waals surface area contributed by atoms with Gasteiger partial charge in [-0.15, -0.1) is 0 Å². The Hall–Kier alpha value is -9.36. The van der Waals surface area contributed by atoms with Crippen LogP contribution in [0.1, 0.15) is 89.4 Å². The minimum absolute atomic E-state index is 0.0778. The van der Waals surface area contributed by atoms with Crippen LogP contribution in [0, 0.1) is 83.1 Å². The average molecular weight is 1100 g/mol. The fourth-order valence-corrected chi connectivity index (χ4v) is 14.2. The van der Waals surface area contributed by atoms with E-state index in [0.29, 0.717) is 0 Å². The normalized spacial score (nSPS) is 11.4. The van der Waals surface area contributed by atoms with Crippen LogP contribution in [0.25, 0.3) is 100 Å². The van der Waals surface area contributed by atoms with Crippen molar-refractivity contribution in [1.82, 2.24) is 0 Å². The molecule has 416 valence electrons. The number of rotatable bonds is 12. The summed E-state index contributed by atoms with van der Waals surface area (Å²) in [5.41, 5.74) is 42.6. The number of benzene rings is 12. The molecule has 0 aromatic heterocycles. The summed E-state index contributed by atoms with van der Waals surface area (Å²) in [6.45, 7) is 28.9. The largest absolute Gasteiger partial charge is 0.0622 e. The van der Waals surface area contributed by atoms with Crippen LogP contribution in [0.4, 0.5) is 0 Å². The molecule has 0 fully saturated rings. The van der Waals surface area contributed by atoms with E-state index in [0.717, 1.165) is 0 Å². The van der Waals surface area contributed by atoms with Crippen LogP contribution >= 0.6 is 0 Å². The molecular weight excluding hydrogens is 1020 g/mol. The summed E-state index contributed by atoms with van der Waals surface area (Å²) in [4.78, 5) is 0. The Bertz CT molecular complexity index is 3750. The van der Waals surface area contributed by atoms with Crippen LogP contribution in [0.3, 0.4) is 0 Å². The third-order valence-corrected chi connectivity index (χ3v) is 19.2. The van der Waals surface area contributed by atoms with E-state index in [1.165, 1.54) is 184 Å². The summed E-state index contributed by atoms with van der Waals surface area (Å²) in [6, 6.07) is 87.0. The highest BCUT2D eigenvalue weighted by molar-refractivity contribution is 5.89. The molecule has 0 N–H and O–H groups in total. The van der Waals surface area contributed by atoms with Gasteiger partial charge in [0.25, 0.3) is 0 Å². The topological polar surface area (TPSA) is 0 Å². The molecule has 0 atom stereocenters. The van der Waals surface area contributed by atoms with Crippen molar-refractivity contribution in [2.45, 2.75) is 89.0 Å². The molecule has 0 aliphatic rings. The third kappa shape index (κ3) is 10.4. The summed E-state index contributed by atoms with van der Waals surface area (Å²) in [6.07, 6.45) is 0. The molecule has 0 bridgehead atoms. The van der Waals surface area contributed by atoms with E-state index in [2.05, 4.69) is 320 Å². The van der Waals surface area contributed by atoms with Crippen LogP contribution in [-0.4, -0.2) is 0 Å². The lowest BCUT2D eigenvalue weighted by molar-refractivity contribution is 0.883. The van der Waals surface area contributed by atoms with Crippen molar-refractivity contribution < 1.29 is 0 Å². The van der Waals surface area contributed by atoms with Crippen molar-refractivity contribution in [3.05, 3.63) is 320 Å². The summed E-state index contributed by atoms with van der Waals surface area (Å²) < 4.78 is 0. The van der Waals surface area contributed by atoms with Crippen molar-refractivity contribution in [2.24, 2.45) is 0 Å². The highest BCUT2D eigenvalue weighted by Gasteiger charge is 2.34. The lowest BCUT2D eigenvalue weighted by Gasteiger charge is -2.35. The monoisotopic (exact) mass is 1100 g/mol. The molecule has 0 heteroatoms. The third-order valence-electron chi connectivity index (χ3n) is 19.2. The molecule has 0 spiro atoms. The van der Waals surface area contributed by atoms with Crippen LogP contribution in [0.15, 0.2) is 237 Å². The molecule has 12 aromatic carbocycles. The minimum atomic E-state index is -0.0778. The van der Waals surface area contributed by atoms with Crippen molar-refractivity contribution in [2.75, 3.05) is 0 Å². The van der Waals surface area contributed by atoms with Crippen molar-refractivity contribution in [3.8, 4) is 100 Å². The van der Waals surface area contributed by atoms with E-state index in [1.54, 1.807) is 0 Å². The van der Waals surface area contributed by atoms with Crippen LogP contribution in [0.2, 0.25) is 0 Å². The van der Waals surface area contributed by atoms with E-state index < -0.39 is 0 Å². The maximum Gasteiger partial charge on any atom is 0.0356 e. The molecule has 0 unspecified atom stereocenters. The lowest BCUT2D eigenvalue weighted by Crippen LogP contribution is -2.18. The van der Waals surface area contributed by atoms with E-state index in [9.17, 15) is 0 Å². The van der Waals surface area contributed by atoms with Gasteiger partial charge in [0, 0.05) is 5.92 Å². The molecule has 85 heavy (non-hydrogen) atoms. The van der Waals surface area contributed by atoms with Crippen LogP contribution in [-0.2, 0) is 0 Å². The smallest absolute Gasteiger partial charge is 0.0356 e. The first-order valence-electron chi connectivity index (χ1n) is 30.3. The van der Waals surface area contributed by atoms with Crippen molar-refractivity contribution in [1.29, 1.82) is 0 Å².